The normalized spacial score (nSPS) is 15.9. The lowest BCUT2D eigenvalue weighted by molar-refractivity contribution is -0.140. The molecule has 184 valence electrons. The largest absolute Gasteiger partial charge is 0.528 e. The van der Waals surface area contributed by atoms with E-state index in [9.17, 15) is 4.79 Å². The van der Waals surface area contributed by atoms with Gasteiger partial charge in [0.25, 0.3) is 5.19 Å². The highest BCUT2D eigenvalue weighted by atomic mass is 32.1. The minimum atomic E-state index is -0.660. The average molecular weight is 497 g/mol. The smallest absolute Gasteiger partial charge is 0.464 e. The lowest BCUT2D eigenvalue weighted by Gasteiger charge is -2.23. The number of rotatable bonds is 5. The summed E-state index contributed by atoms with van der Waals surface area (Å²) in [6.45, 7) is 9.16. The molecule has 1 aliphatic heterocycles. The van der Waals surface area contributed by atoms with Gasteiger partial charge in [0.05, 0.1) is 11.0 Å². The van der Waals surface area contributed by atoms with E-state index in [0.29, 0.717) is 29.7 Å². The van der Waals surface area contributed by atoms with Crippen LogP contribution in [0.25, 0.3) is 21.3 Å². The van der Waals surface area contributed by atoms with E-state index in [-0.39, 0.29) is 0 Å². The number of furan rings is 1. The summed E-state index contributed by atoms with van der Waals surface area (Å²) in [5, 5.41) is 3.28. The van der Waals surface area contributed by atoms with Gasteiger partial charge in [0.1, 0.15) is 16.9 Å². The van der Waals surface area contributed by atoms with Gasteiger partial charge in [0.15, 0.2) is 5.65 Å². The minimum Gasteiger partial charge on any atom is -0.464 e. The molecule has 1 fully saturated rings. The van der Waals surface area contributed by atoms with Gasteiger partial charge in [-0.1, -0.05) is 11.3 Å². The van der Waals surface area contributed by atoms with Crippen molar-refractivity contribution in [1.29, 1.82) is 0 Å². The van der Waals surface area contributed by atoms with Crippen LogP contribution >= 0.6 is 11.3 Å². The van der Waals surface area contributed by atoms with Crippen LogP contribution in [0.3, 0.4) is 0 Å². The third-order valence-electron chi connectivity index (χ3n) is 5.51. The van der Waals surface area contributed by atoms with E-state index in [2.05, 4.69) is 14.9 Å². The van der Waals surface area contributed by atoms with Crippen LogP contribution in [-0.2, 0) is 16.1 Å². The standard InChI is InChI=1S/C25H28N4O5S/c1-25(2,3)33-24(30)34-29-11-5-10-28(12-13-29)15-17-16-31-20-14-18(7-8-19(17)20)32-23-27-22-21(35-23)6-4-9-26-22/h4,6-9,14,16H,5,10-13,15H2,1-3H3. The van der Waals surface area contributed by atoms with Crippen molar-refractivity contribution in [2.75, 3.05) is 26.2 Å². The fraction of sp³-hybridized carbons (Fsp3) is 0.400. The Balaban J connectivity index is 1.20. The molecule has 0 saturated carbocycles. The van der Waals surface area contributed by atoms with Gasteiger partial charge in [-0.3, -0.25) is 4.90 Å². The summed E-state index contributed by atoms with van der Waals surface area (Å²) in [5.41, 5.74) is 1.98. The molecule has 4 heterocycles. The van der Waals surface area contributed by atoms with Crippen LogP contribution in [0.4, 0.5) is 4.79 Å². The molecular formula is C25H28N4O5S. The number of hydroxylamine groups is 2. The van der Waals surface area contributed by atoms with Crippen LogP contribution in [0, 0.1) is 0 Å². The first-order valence-corrected chi connectivity index (χ1v) is 12.4. The predicted octanol–water partition coefficient (Wildman–Crippen LogP) is 5.60. The lowest BCUT2D eigenvalue weighted by Crippen LogP contribution is -2.34. The maximum absolute atomic E-state index is 12.0. The molecule has 0 unspecified atom stereocenters. The van der Waals surface area contributed by atoms with Crippen LogP contribution < -0.4 is 4.74 Å². The Labute approximate surface area is 207 Å². The zero-order valence-corrected chi connectivity index (χ0v) is 20.8. The van der Waals surface area contributed by atoms with E-state index in [0.717, 1.165) is 47.3 Å². The second-order valence-corrected chi connectivity index (χ2v) is 10.4. The average Bonchev–Trinajstić information content (AvgIpc) is 3.31. The van der Waals surface area contributed by atoms with E-state index in [4.69, 9.17) is 18.7 Å². The molecule has 0 spiro atoms. The Bertz CT molecular complexity index is 1300. The first-order valence-electron chi connectivity index (χ1n) is 11.6. The van der Waals surface area contributed by atoms with Crippen molar-refractivity contribution in [3.63, 3.8) is 0 Å². The number of carbonyl (C=O) groups excluding carboxylic acids is 1. The maximum Gasteiger partial charge on any atom is 0.528 e. The molecule has 1 aromatic carbocycles. The first-order chi connectivity index (χ1) is 16.8. The number of pyridine rings is 1. The number of carbonyl (C=O) groups is 1. The number of aromatic nitrogens is 2. The number of nitrogens with zero attached hydrogens (tertiary/aromatic N) is 4. The van der Waals surface area contributed by atoms with E-state index >= 15 is 0 Å². The topological polar surface area (TPSA) is 90.2 Å². The number of fused-ring (bicyclic) bond motifs is 2. The van der Waals surface area contributed by atoms with Gasteiger partial charge in [-0.2, -0.15) is 4.98 Å². The number of ether oxygens (including phenoxy) is 2. The molecule has 35 heavy (non-hydrogen) atoms. The second kappa shape index (κ2) is 9.80. The minimum absolute atomic E-state index is 0.549. The highest BCUT2D eigenvalue weighted by Gasteiger charge is 2.23. The van der Waals surface area contributed by atoms with Gasteiger partial charge in [0.2, 0.25) is 0 Å². The summed E-state index contributed by atoms with van der Waals surface area (Å²) in [6, 6.07) is 9.69. The Kier molecular flexibility index (Phi) is 6.59. The molecule has 3 aromatic heterocycles. The highest BCUT2D eigenvalue weighted by molar-refractivity contribution is 7.20. The van der Waals surface area contributed by atoms with Crippen molar-refractivity contribution in [2.45, 2.75) is 39.3 Å². The van der Waals surface area contributed by atoms with E-state index in [1.807, 2.05) is 51.1 Å². The predicted molar refractivity (Wildman–Crippen MR) is 132 cm³/mol. The van der Waals surface area contributed by atoms with Crippen molar-refractivity contribution in [3.8, 4) is 10.9 Å². The van der Waals surface area contributed by atoms with E-state index < -0.39 is 11.8 Å². The van der Waals surface area contributed by atoms with Crippen molar-refractivity contribution < 1.29 is 23.5 Å². The third kappa shape index (κ3) is 5.90. The molecule has 0 aliphatic carbocycles. The Morgan fingerprint density at radius 3 is 2.89 bits per heavy atom. The monoisotopic (exact) mass is 496 g/mol. The van der Waals surface area contributed by atoms with Gasteiger partial charge in [-0.05, 0) is 58.0 Å². The summed E-state index contributed by atoms with van der Waals surface area (Å²) >= 11 is 1.46. The summed E-state index contributed by atoms with van der Waals surface area (Å²) in [6.07, 6.45) is 3.74. The molecule has 4 aromatic rings. The molecule has 9 nitrogen and oxygen atoms in total. The molecule has 0 atom stereocenters. The maximum atomic E-state index is 12.0. The van der Waals surface area contributed by atoms with Crippen LogP contribution in [0.15, 0.2) is 47.2 Å². The zero-order valence-electron chi connectivity index (χ0n) is 20.0. The van der Waals surface area contributed by atoms with Crippen LogP contribution in [-0.4, -0.2) is 57.9 Å². The number of benzene rings is 1. The summed E-state index contributed by atoms with van der Waals surface area (Å²) in [4.78, 5) is 28.4. The Morgan fingerprint density at radius 1 is 1.17 bits per heavy atom. The fourth-order valence-electron chi connectivity index (χ4n) is 3.95. The van der Waals surface area contributed by atoms with Gasteiger partial charge in [-0.15, -0.1) is 5.06 Å². The molecule has 0 amide bonds. The molecule has 1 saturated heterocycles. The molecule has 0 N–H and O–H groups in total. The lowest BCUT2D eigenvalue weighted by atomic mass is 10.1. The second-order valence-electron chi connectivity index (χ2n) is 9.44. The van der Waals surface area contributed by atoms with Gasteiger partial charge >= 0.3 is 6.16 Å². The summed E-state index contributed by atoms with van der Waals surface area (Å²) < 4.78 is 18.0. The van der Waals surface area contributed by atoms with Gasteiger partial charge < -0.3 is 18.7 Å². The number of hydrogen-bond acceptors (Lipinski definition) is 10. The van der Waals surface area contributed by atoms with Crippen molar-refractivity contribution in [2.24, 2.45) is 0 Å². The van der Waals surface area contributed by atoms with Crippen LogP contribution in [0.1, 0.15) is 32.8 Å². The third-order valence-corrected chi connectivity index (χ3v) is 6.40. The van der Waals surface area contributed by atoms with Crippen molar-refractivity contribution >= 4 is 38.8 Å². The van der Waals surface area contributed by atoms with Crippen LogP contribution in [0.5, 0.6) is 10.9 Å². The Hall–Kier alpha value is -3.21. The molecule has 5 rings (SSSR count). The molecule has 10 heteroatoms. The zero-order chi connectivity index (χ0) is 24.4. The molecular weight excluding hydrogens is 468 g/mol. The Morgan fingerprint density at radius 2 is 2.06 bits per heavy atom. The van der Waals surface area contributed by atoms with Gasteiger partial charge in [-0.25, -0.2) is 9.78 Å². The quantitative estimate of drug-likeness (QED) is 0.327. The molecule has 1 aliphatic rings. The van der Waals surface area contributed by atoms with Crippen molar-refractivity contribution in [3.05, 3.63) is 48.4 Å². The summed E-state index contributed by atoms with van der Waals surface area (Å²) in [7, 11) is 0. The van der Waals surface area contributed by atoms with Gasteiger partial charge in [0, 0.05) is 49.4 Å². The van der Waals surface area contributed by atoms with E-state index in [1.54, 1.807) is 17.5 Å². The highest BCUT2D eigenvalue weighted by Crippen LogP contribution is 2.33. The van der Waals surface area contributed by atoms with Crippen LogP contribution in [0.2, 0.25) is 0 Å². The molecule has 0 bridgehead atoms. The fourth-order valence-corrected chi connectivity index (χ4v) is 4.75. The van der Waals surface area contributed by atoms with E-state index in [1.165, 1.54) is 11.3 Å². The number of hydrogen-bond donors (Lipinski definition) is 0. The number of thiazole rings is 1. The van der Waals surface area contributed by atoms with Crippen molar-refractivity contribution in [1.82, 2.24) is 19.9 Å². The molecule has 0 radical (unpaired) electrons. The SMILES string of the molecule is CC(C)(C)OC(=O)ON1CCCN(Cc2coc3cc(Oc4nc5ncccc5s4)ccc23)CC1. The summed E-state index contributed by atoms with van der Waals surface area (Å²) in [5.74, 6) is 0.669. The first kappa shape index (κ1) is 23.5.